The molecule has 20 heavy (non-hydrogen) atoms. The van der Waals surface area contributed by atoms with Crippen LogP contribution in [0.5, 0.6) is 5.75 Å². The summed E-state index contributed by atoms with van der Waals surface area (Å²) in [7, 11) is 1.98. The number of aromatic nitrogens is 2. The van der Waals surface area contributed by atoms with Crippen LogP contribution in [0, 0.1) is 0 Å². The van der Waals surface area contributed by atoms with Crippen LogP contribution in [0.25, 0.3) is 0 Å². The molecule has 0 fully saturated rings. The van der Waals surface area contributed by atoms with Gasteiger partial charge in [0.05, 0.1) is 6.61 Å². The lowest BCUT2D eigenvalue weighted by Crippen LogP contribution is -2.17. The molecule has 1 aromatic heterocycles. The Morgan fingerprint density at radius 3 is 2.65 bits per heavy atom. The normalized spacial score (nSPS) is 10.7. The van der Waals surface area contributed by atoms with E-state index in [1.807, 2.05) is 30.1 Å². The Morgan fingerprint density at radius 1 is 1.20 bits per heavy atom. The van der Waals surface area contributed by atoms with E-state index in [2.05, 4.69) is 35.5 Å². The van der Waals surface area contributed by atoms with Crippen molar-refractivity contribution >= 4 is 0 Å². The Balaban J connectivity index is 1.70. The monoisotopic (exact) mass is 273 g/mol. The zero-order chi connectivity index (χ0) is 14.2. The fourth-order valence-electron chi connectivity index (χ4n) is 2.02. The molecule has 1 heterocycles. The van der Waals surface area contributed by atoms with Gasteiger partial charge in [0.1, 0.15) is 5.75 Å². The van der Waals surface area contributed by atoms with Crippen molar-refractivity contribution in [2.75, 3.05) is 13.2 Å². The molecule has 0 bridgehead atoms. The summed E-state index contributed by atoms with van der Waals surface area (Å²) >= 11 is 0. The molecular weight excluding hydrogens is 250 g/mol. The lowest BCUT2D eigenvalue weighted by molar-refractivity contribution is 0.317. The highest BCUT2D eigenvalue weighted by Crippen LogP contribution is 2.12. The highest BCUT2D eigenvalue weighted by atomic mass is 16.5. The van der Waals surface area contributed by atoms with E-state index in [1.54, 1.807) is 0 Å². The minimum atomic E-state index is 0.780. The Hall–Kier alpha value is -1.81. The topological polar surface area (TPSA) is 39.1 Å². The predicted octanol–water partition coefficient (Wildman–Crippen LogP) is 2.54. The van der Waals surface area contributed by atoms with Crippen LogP contribution < -0.4 is 10.1 Å². The summed E-state index contributed by atoms with van der Waals surface area (Å²) < 4.78 is 7.49. The summed E-state index contributed by atoms with van der Waals surface area (Å²) in [5, 5.41) is 7.61. The molecule has 4 heteroatoms. The minimum Gasteiger partial charge on any atom is -0.494 e. The molecule has 0 aliphatic carbocycles. The number of ether oxygens (including phenoxy) is 1. The van der Waals surface area contributed by atoms with Crippen molar-refractivity contribution in [3.63, 3.8) is 0 Å². The molecule has 0 unspecified atom stereocenters. The Morgan fingerprint density at radius 2 is 2.00 bits per heavy atom. The molecule has 0 aliphatic heterocycles. The maximum absolute atomic E-state index is 5.57. The molecule has 0 saturated heterocycles. The highest BCUT2D eigenvalue weighted by molar-refractivity contribution is 5.27. The average molecular weight is 273 g/mol. The smallest absolute Gasteiger partial charge is 0.119 e. The minimum absolute atomic E-state index is 0.780. The van der Waals surface area contributed by atoms with E-state index in [1.165, 1.54) is 11.3 Å². The van der Waals surface area contributed by atoms with Gasteiger partial charge in [0.25, 0.3) is 0 Å². The second kappa shape index (κ2) is 7.70. The fraction of sp³-hybridized carbons (Fsp3) is 0.438. The highest BCUT2D eigenvalue weighted by Gasteiger charge is 1.99. The lowest BCUT2D eigenvalue weighted by atomic mass is 10.2. The van der Waals surface area contributed by atoms with Crippen LogP contribution >= 0.6 is 0 Å². The largest absolute Gasteiger partial charge is 0.494 e. The van der Waals surface area contributed by atoms with Crippen molar-refractivity contribution < 1.29 is 4.74 Å². The van der Waals surface area contributed by atoms with Gasteiger partial charge in [0.15, 0.2) is 0 Å². The molecule has 108 valence electrons. The number of hydrogen-bond acceptors (Lipinski definition) is 3. The molecular formula is C16H23N3O. The molecule has 4 nitrogen and oxygen atoms in total. The maximum Gasteiger partial charge on any atom is 0.119 e. The molecule has 0 aliphatic rings. The second-order valence-corrected chi connectivity index (χ2v) is 4.87. The van der Waals surface area contributed by atoms with Gasteiger partial charge in [-0.2, -0.15) is 5.10 Å². The molecule has 0 amide bonds. The summed E-state index contributed by atoms with van der Waals surface area (Å²) in [5.74, 6) is 0.950. The van der Waals surface area contributed by atoms with Gasteiger partial charge in [0.2, 0.25) is 0 Å². The summed E-state index contributed by atoms with van der Waals surface area (Å²) in [6, 6.07) is 10.4. The van der Waals surface area contributed by atoms with Crippen LogP contribution in [-0.4, -0.2) is 22.9 Å². The molecule has 2 aromatic rings. The standard InChI is InChI=1S/C16H23N3O/c1-3-12-20-16-6-4-14(5-7-16)13-17-10-8-15-9-11-18-19(15)2/h4-7,9,11,17H,3,8,10,12-13H2,1-2H3. The average Bonchev–Trinajstić information content (AvgIpc) is 2.88. The van der Waals surface area contributed by atoms with Gasteiger partial charge in [-0.15, -0.1) is 0 Å². The van der Waals surface area contributed by atoms with Crippen LogP contribution in [0.3, 0.4) is 0 Å². The van der Waals surface area contributed by atoms with Crippen LogP contribution in [0.4, 0.5) is 0 Å². The van der Waals surface area contributed by atoms with Gasteiger partial charge in [0, 0.05) is 38.4 Å². The van der Waals surface area contributed by atoms with Crippen molar-refractivity contribution in [3.05, 3.63) is 47.8 Å². The van der Waals surface area contributed by atoms with Crippen molar-refractivity contribution in [3.8, 4) is 5.75 Å². The Bertz CT molecular complexity index is 505. The van der Waals surface area contributed by atoms with E-state index in [0.717, 1.165) is 38.3 Å². The van der Waals surface area contributed by atoms with E-state index >= 15 is 0 Å². The van der Waals surface area contributed by atoms with E-state index in [0.29, 0.717) is 0 Å². The van der Waals surface area contributed by atoms with Gasteiger partial charge in [-0.3, -0.25) is 4.68 Å². The number of nitrogens with zero attached hydrogens (tertiary/aromatic N) is 2. The quantitative estimate of drug-likeness (QED) is 0.751. The Kier molecular flexibility index (Phi) is 5.62. The summed E-state index contributed by atoms with van der Waals surface area (Å²) in [6.07, 6.45) is 3.87. The number of rotatable bonds is 8. The third kappa shape index (κ3) is 4.38. The van der Waals surface area contributed by atoms with Crippen LogP contribution in [0.2, 0.25) is 0 Å². The zero-order valence-electron chi connectivity index (χ0n) is 12.3. The third-order valence-corrected chi connectivity index (χ3v) is 3.21. The second-order valence-electron chi connectivity index (χ2n) is 4.87. The zero-order valence-corrected chi connectivity index (χ0v) is 12.3. The van der Waals surface area contributed by atoms with Gasteiger partial charge in [-0.25, -0.2) is 0 Å². The van der Waals surface area contributed by atoms with Gasteiger partial charge >= 0.3 is 0 Å². The SMILES string of the molecule is CCCOc1ccc(CNCCc2ccnn2C)cc1. The maximum atomic E-state index is 5.57. The first kappa shape index (κ1) is 14.6. The first-order chi connectivity index (χ1) is 9.79. The number of aryl methyl sites for hydroxylation is 1. The predicted molar refractivity (Wildman–Crippen MR) is 80.8 cm³/mol. The number of benzene rings is 1. The molecule has 0 saturated carbocycles. The molecule has 0 radical (unpaired) electrons. The lowest BCUT2D eigenvalue weighted by Gasteiger charge is -2.07. The van der Waals surface area contributed by atoms with Crippen molar-refractivity contribution in [1.82, 2.24) is 15.1 Å². The van der Waals surface area contributed by atoms with Gasteiger partial charge in [-0.05, 0) is 30.2 Å². The van der Waals surface area contributed by atoms with Gasteiger partial charge < -0.3 is 10.1 Å². The van der Waals surface area contributed by atoms with Crippen molar-refractivity contribution in [1.29, 1.82) is 0 Å². The van der Waals surface area contributed by atoms with Gasteiger partial charge in [-0.1, -0.05) is 19.1 Å². The van der Waals surface area contributed by atoms with Crippen LogP contribution in [0.15, 0.2) is 36.5 Å². The fourth-order valence-corrected chi connectivity index (χ4v) is 2.02. The van der Waals surface area contributed by atoms with E-state index in [9.17, 15) is 0 Å². The number of hydrogen-bond donors (Lipinski definition) is 1. The van der Waals surface area contributed by atoms with Crippen LogP contribution in [0.1, 0.15) is 24.6 Å². The van der Waals surface area contributed by atoms with E-state index < -0.39 is 0 Å². The molecule has 2 rings (SSSR count). The van der Waals surface area contributed by atoms with E-state index in [-0.39, 0.29) is 0 Å². The molecule has 1 aromatic carbocycles. The van der Waals surface area contributed by atoms with Crippen LogP contribution in [-0.2, 0) is 20.0 Å². The molecule has 0 spiro atoms. The summed E-state index contributed by atoms with van der Waals surface area (Å²) in [5.41, 5.74) is 2.53. The van der Waals surface area contributed by atoms with Crippen molar-refractivity contribution in [2.24, 2.45) is 7.05 Å². The molecule has 1 N–H and O–H groups in total. The van der Waals surface area contributed by atoms with Crippen molar-refractivity contribution in [2.45, 2.75) is 26.3 Å². The van der Waals surface area contributed by atoms with E-state index in [4.69, 9.17) is 4.74 Å². The summed E-state index contributed by atoms with van der Waals surface area (Å²) in [4.78, 5) is 0. The molecule has 0 atom stereocenters. The third-order valence-electron chi connectivity index (χ3n) is 3.21. The first-order valence-electron chi connectivity index (χ1n) is 7.19. The first-order valence-corrected chi connectivity index (χ1v) is 7.19. The number of nitrogens with one attached hydrogen (secondary N) is 1. The Labute approximate surface area is 120 Å². The summed E-state index contributed by atoms with van der Waals surface area (Å²) in [6.45, 7) is 4.72.